The van der Waals surface area contributed by atoms with Gasteiger partial charge in [0.05, 0.1) is 5.02 Å². The van der Waals surface area contributed by atoms with Gasteiger partial charge in [-0.15, -0.1) is 0 Å². The van der Waals surface area contributed by atoms with E-state index < -0.39 is 0 Å². The number of piperidine rings is 1. The molecule has 2 heterocycles. The summed E-state index contributed by atoms with van der Waals surface area (Å²) in [5, 5.41) is 8.03. The summed E-state index contributed by atoms with van der Waals surface area (Å²) in [6, 6.07) is 4.48. The van der Waals surface area contributed by atoms with Crippen LogP contribution in [0, 0.1) is 0 Å². The average Bonchev–Trinajstić information content (AvgIpc) is 2.42. The highest BCUT2D eigenvalue weighted by atomic mass is 35.5. The minimum atomic E-state index is 0.143. The van der Waals surface area contributed by atoms with Crippen molar-refractivity contribution in [2.24, 2.45) is 0 Å². The summed E-state index contributed by atoms with van der Waals surface area (Å²) >= 11 is 6.32. The monoisotopic (exact) mass is 338 g/mol. The summed E-state index contributed by atoms with van der Waals surface area (Å²) < 4.78 is 11.2. The molecule has 2 aliphatic rings. The van der Waals surface area contributed by atoms with Crippen molar-refractivity contribution in [3.8, 4) is 11.5 Å². The first kappa shape index (κ1) is 16.9. The molecule has 0 bridgehead atoms. The van der Waals surface area contributed by atoms with E-state index in [1.54, 1.807) is 0 Å². The number of nitrogens with one attached hydrogen (secondary N) is 2. The minimum Gasteiger partial charge on any atom is -0.486 e. The SMILES string of the molecule is CC1(C)CC(NCc2cc(Cl)c3c(c2)OCCO3)CC(C)(C)N1. The summed E-state index contributed by atoms with van der Waals surface area (Å²) in [6.07, 6.45) is 2.21. The number of ether oxygens (including phenoxy) is 2. The summed E-state index contributed by atoms with van der Waals surface area (Å²) in [7, 11) is 0. The predicted octanol–water partition coefficient (Wildman–Crippen LogP) is 3.51. The standard InChI is InChI=1S/C18H27ClN2O2/c1-17(2)9-13(10-18(3,4)21-17)20-11-12-7-14(19)16-15(8-12)22-5-6-23-16/h7-8,13,20-21H,5-6,9-11H2,1-4H3. The zero-order valence-electron chi connectivity index (χ0n) is 14.5. The van der Waals surface area contributed by atoms with Crippen LogP contribution in [0.5, 0.6) is 11.5 Å². The molecule has 4 nitrogen and oxygen atoms in total. The zero-order valence-corrected chi connectivity index (χ0v) is 15.2. The molecule has 0 radical (unpaired) electrons. The van der Waals surface area contributed by atoms with Gasteiger partial charge in [-0.05, 0) is 58.2 Å². The Hall–Kier alpha value is -0.970. The largest absolute Gasteiger partial charge is 0.486 e. The van der Waals surface area contributed by atoms with Crippen LogP contribution in [0.3, 0.4) is 0 Å². The van der Waals surface area contributed by atoms with Crippen LogP contribution in [0.1, 0.15) is 46.1 Å². The fourth-order valence-electron chi connectivity index (χ4n) is 4.00. The van der Waals surface area contributed by atoms with Crippen LogP contribution >= 0.6 is 11.6 Å². The summed E-state index contributed by atoms with van der Waals surface area (Å²) in [5.41, 5.74) is 1.42. The van der Waals surface area contributed by atoms with Gasteiger partial charge < -0.3 is 20.1 Å². The van der Waals surface area contributed by atoms with Crippen molar-refractivity contribution in [2.45, 2.75) is 64.2 Å². The Balaban J connectivity index is 1.67. The molecule has 0 spiro atoms. The Morgan fingerprint density at radius 2 is 1.78 bits per heavy atom. The maximum Gasteiger partial charge on any atom is 0.179 e. The van der Waals surface area contributed by atoms with Crippen molar-refractivity contribution in [2.75, 3.05) is 13.2 Å². The molecule has 1 saturated heterocycles. The van der Waals surface area contributed by atoms with E-state index in [0.717, 1.165) is 30.7 Å². The van der Waals surface area contributed by atoms with Crippen molar-refractivity contribution in [3.63, 3.8) is 0 Å². The van der Waals surface area contributed by atoms with Gasteiger partial charge in [-0.2, -0.15) is 0 Å². The van der Waals surface area contributed by atoms with E-state index in [4.69, 9.17) is 21.1 Å². The summed E-state index contributed by atoms with van der Waals surface area (Å²) in [5.74, 6) is 1.43. The summed E-state index contributed by atoms with van der Waals surface area (Å²) in [6.45, 7) is 11.0. The number of halogens is 1. The molecule has 0 amide bonds. The van der Waals surface area contributed by atoms with Crippen LogP contribution < -0.4 is 20.1 Å². The van der Waals surface area contributed by atoms with Gasteiger partial charge in [0.2, 0.25) is 0 Å². The third kappa shape index (κ3) is 4.11. The number of rotatable bonds is 3. The van der Waals surface area contributed by atoms with Gasteiger partial charge in [0, 0.05) is 23.7 Å². The quantitative estimate of drug-likeness (QED) is 0.885. The molecule has 0 saturated carbocycles. The lowest BCUT2D eigenvalue weighted by atomic mass is 9.79. The van der Waals surface area contributed by atoms with Gasteiger partial charge in [-0.25, -0.2) is 0 Å². The molecule has 128 valence electrons. The zero-order chi connectivity index (χ0) is 16.7. The van der Waals surface area contributed by atoms with E-state index in [0.29, 0.717) is 30.0 Å². The van der Waals surface area contributed by atoms with E-state index in [9.17, 15) is 0 Å². The fraction of sp³-hybridized carbons (Fsp3) is 0.667. The highest BCUT2D eigenvalue weighted by Crippen LogP contribution is 2.38. The molecule has 1 aromatic rings. The van der Waals surface area contributed by atoms with Gasteiger partial charge in [-0.3, -0.25) is 0 Å². The minimum absolute atomic E-state index is 0.143. The second-order valence-corrected chi connectivity index (χ2v) is 8.39. The Morgan fingerprint density at radius 3 is 2.48 bits per heavy atom. The van der Waals surface area contributed by atoms with Crippen LogP contribution in [-0.4, -0.2) is 30.3 Å². The molecule has 0 aromatic heterocycles. The van der Waals surface area contributed by atoms with Crippen LogP contribution in [0.4, 0.5) is 0 Å². The molecule has 0 atom stereocenters. The van der Waals surface area contributed by atoms with Gasteiger partial charge in [0.1, 0.15) is 13.2 Å². The number of benzene rings is 1. The van der Waals surface area contributed by atoms with Crippen molar-refractivity contribution >= 4 is 11.6 Å². The highest BCUT2D eigenvalue weighted by Gasteiger charge is 2.37. The first-order valence-electron chi connectivity index (χ1n) is 8.35. The number of hydrogen-bond donors (Lipinski definition) is 2. The van der Waals surface area contributed by atoms with E-state index >= 15 is 0 Å². The molecule has 23 heavy (non-hydrogen) atoms. The molecule has 2 aliphatic heterocycles. The van der Waals surface area contributed by atoms with Gasteiger partial charge >= 0.3 is 0 Å². The Morgan fingerprint density at radius 1 is 1.13 bits per heavy atom. The third-order valence-electron chi connectivity index (χ3n) is 4.44. The molecule has 2 N–H and O–H groups in total. The Kier molecular flexibility index (Phi) is 4.51. The van der Waals surface area contributed by atoms with E-state index in [-0.39, 0.29) is 11.1 Å². The first-order valence-corrected chi connectivity index (χ1v) is 8.73. The lowest BCUT2D eigenvalue weighted by Gasteiger charge is -2.46. The van der Waals surface area contributed by atoms with E-state index in [2.05, 4.69) is 38.3 Å². The van der Waals surface area contributed by atoms with Crippen molar-refractivity contribution in [1.29, 1.82) is 0 Å². The smallest absolute Gasteiger partial charge is 0.179 e. The molecule has 0 aliphatic carbocycles. The second kappa shape index (κ2) is 6.15. The van der Waals surface area contributed by atoms with Crippen molar-refractivity contribution in [1.82, 2.24) is 10.6 Å². The number of hydrogen-bond acceptors (Lipinski definition) is 4. The van der Waals surface area contributed by atoms with Crippen LogP contribution in [0.2, 0.25) is 5.02 Å². The summed E-state index contributed by atoms with van der Waals surface area (Å²) in [4.78, 5) is 0. The van der Waals surface area contributed by atoms with E-state index in [1.165, 1.54) is 0 Å². The average molecular weight is 339 g/mol. The maximum absolute atomic E-state index is 6.32. The molecular formula is C18H27ClN2O2. The molecule has 1 aromatic carbocycles. The Bertz CT molecular complexity index is 571. The third-order valence-corrected chi connectivity index (χ3v) is 4.72. The molecule has 5 heteroatoms. The van der Waals surface area contributed by atoms with Crippen LogP contribution in [0.15, 0.2) is 12.1 Å². The van der Waals surface area contributed by atoms with Gasteiger partial charge in [0.25, 0.3) is 0 Å². The maximum atomic E-state index is 6.32. The second-order valence-electron chi connectivity index (χ2n) is 7.98. The van der Waals surface area contributed by atoms with Crippen LogP contribution in [0.25, 0.3) is 0 Å². The number of fused-ring (bicyclic) bond motifs is 1. The van der Waals surface area contributed by atoms with Crippen LogP contribution in [-0.2, 0) is 6.54 Å². The van der Waals surface area contributed by atoms with Gasteiger partial charge in [-0.1, -0.05) is 11.6 Å². The molecule has 0 unspecified atom stereocenters. The molecule has 1 fully saturated rings. The molecular weight excluding hydrogens is 312 g/mol. The fourth-order valence-corrected chi connectivity index (χ4v) is 4.28. The van der Waals surface area contributed by atoms with E-state index in [1.807, 2.05) is 12.1 Å². The highest BCUT2D eigenvalue weighted by molar-refractivity contribution is 6.32. The van der Waals surface area contributed by atoms with Crippen molar-refractivity contribution < 1.29 is 9.47 Å². The molecule has 3 rings (SSSR count). The topological polar surface area (TPSA) is 42.5 Å². The Labute approximate surface area is 143 Å². The first-order chi connectivity index (χ1) is 10.7. The normalized spacial score (nSPS) is 22.8. The lowest BCUT2D eigenvalue weighted by Crippen LogP contribution is -2.61. The predicted molar refractivity (Wildman–Crippen MR) is 93.6 cm³/mol. The van der Waals surface area contributed by atoms with Gasteiger partial charge in [0.15, 0.2) is 11.5 Å². The lowest BCUT2D eigenvalue weighted by molar-refractivity contribution is 0.145. The van der Waals surface area contributed by atoms with Crippen molar-refractivity contribution in [3.05, 3.63) is 22.7 Å².